The minimum atomic E-state index is -0.149. The third-order valence-electron chi connectivity index (χ3n) is 2.36. The zero-order chi connectivity index (χ0) is 14.3. The van der Waals surface area contributed by atoms with Crippen LogP contribution in [-0.2, 0) is 16.1 Å². The van der Waals surface area contributed by atoms with Gasteiger partial charge >= 0.3 is 0 Å². The predicted molar refractivity (Wildman–Crippen MR) is 72.5 cm³/mol. The lowest BCUT2D eigenvalue weighted by molar-refractivity contribution is -0.124. The Kier molecular flexibility index (Phi) is 6.15. The van der Waals surface area contributed by atoms with Gasteiger partial charge in [0.25, 0.3) is 0 Å². The zero-order valence-electron chi connectivity index (χ0n) is 11.9. The first-order chi connectivity index (χ1) is 9.06. The predicted octanol–water partition coefficient (Wildman–Crippen LogP) is 1.75. The van der Waals surface area contributed by atoms with E-state index in [1.807, 2.05) is 32.0 Å². The van der Waals surface area contributed by atoms with Crippen LogP contribution in [0.2, 0.25) is 0 Å². The molecule has 0 saturated carbocycles. The first-order valence-electron chi connectivity index (χ1n) is 6.16. The van der Waals surface area contributed by atoms with Crippen LogP contribution >= 0.6 is 0 Å². The maximum atomic E-state index is 11.3. The largest absolute Gasteiger partial charge is 0.493 e. The van der Waals surface area contributed by atoms with Crippen molar-refractivity contribution < 1.29 is 19.0 Å². The van der Waals surface area contributed by atoms with Gasteiger partial charge in [0.05, 0.1) is 13.2 Å². The van der Waals surface area contributed by atoms with Gasteiger partial charge in [-0.05, 0) is 31.5 Å². The maximum Gasteiger partial charge on any atom is 0.246 e. The Labute approximate surface area is 113 Å². The third kappa shape index (κ3) is 5.18. The number of carbonyl (C=O) groups is 1. The summed E-state index contributed by atoms with van der Waals surface area (Å²) in [6.45, 7) is 4.41. The highest BCUT2D eigenvalue weighted by Crippen LogP contribution is 2.28. The van der Waals surface area contributed by atoms with Gasteiger partial charge in [0, 0.05) is 13.7 Å². The zero-order valence-corrected chi connectivity index (χ0v) is 11.9. The Morgan fingerprint density at radius 1 is 1.26 bits per heavy atom. The van der Waals surface area contributed by atoms with Gasteiger partial charge in [-0.15, -0.1) is 0 Å². The second-order valence-electron chi connectivity index (χ2n) is 4.36. The van der Waals surface area contributed by atoms with Crippen LogP contribution in [0.25, 0.3) is 0 Å². The van der Waals surface area contributed by atoms with Crippen molar-refractivity contribution in [1.82, 2.24) is 5.32 Å². The fourth-order valence-corrected chi connectivity index (χ4v) is 1.56. The molecule has 5 heteroatoms. The Hall–Kier alpha value is -1.75. The van der Waals surface area contributed by atoms with Crippen LogP contribution in [0.4, 0.5) is 0 Å². The maximum absolute atomic E-state index is 11.3. The molecule has 0 radical (unpaired) electrons. The van der Waals surface area contributed by atoms with Gasteiger partial charge in [0.15, 0.2) is 11.5 Å². The van der Waals surface area contributed by atoms with E-state index in [0.717, 1.165) is 5.56 Å². The lowest BCUT2D eigenvalue weighted by Gasteiger charge is -2.14. The Balaban J connectivity index is 2.68. The van der Waals surface area contributed by atoms with E-state index in [1.165, 1.54) is 7.11 Å². The third-order valence-corrected chi connectivity index (χ3v) is 2.36. The van der Waals surface area contributed by atoms with Crippen LogP contribution < -0.4 is 14.8 Å². The van der Waals surface area contributed by atoms with Gasteiger partial charge in [-0.3, -0.25) is 4.79 Å². The lowest BCUT2D eigenvalue weighted by atomic mass is 10.2. The van der Waals surface area contributed by atoms with Crippen molar-refractivity contribution in [3.8, 4) is 11.5 Å². The molecule has 1 aromatic carbocycles. The second-order valence-corrected chi connectivity index (χ2v) is 4.36. The van der Waals surface area contributed by atoms with Gasteiger partial charge in [-0.2, -0.15) is 0 Å². The fraction of sp³-hybridized carbons (Fsp3) is 0.500. The molecular weight excluding hydrogens is 246 g/mol. The van der Waals surface area contributed by atoms with E-state index >= 15 is 0 Å². The van der Waals surface area contributed by atoms with Crippen LogP contribution in [0.5, 0.6) is 11.5 Å². The van der Waals surface area contributed by atoms with Crippen molar-refractivity contribution in [2.24, 2.45) is 0 Å². The molecule has 0 spiro atoms. The van der Waals surface area contributed by atoms with Gasteiger partial charge in [0.2, 0.25) is 5.91 Å². The summed E-state index contributed by atoms with van der Waals surface area (Å²) >= 11 is 0. The number of amides is 1. The average molecular weight is 267 g/mol. The molecule has 1 amide bonds. The van der Waals surface area contributed by atoms with E-state index in [2.05, 4.69) is 5.32 Å². The van der Waals surface area contributed by atoms with Crippen LogP contribution in [0, 0.1) is 0 Å². The highest BCUT2D eigenvalue weighted by molar-refractivity contribution is 5.77. The minimum absolute atomic E-state index is 0.0612. The smallest absolute Gasteiger partial charge is 0.246 e. The van der Waals surface area contributed by atoms with Crippen molar-refractivity contribution in [1.29, 1.82) is 0 Å². The highest BCUT2D eigenvalue weighted by Gasteiger charge is 2.08. The van der Waals surface area contributed by atoms with E-state index in [-0.39, 0.29) is 18.6 Å². The molecule has 0 aliphatic carbocycles. The van der Waals surface area contributed by atoms with Gasteiger partial charge in [0.1, 0.15) is 6.61 Å². The van der Waals surface area contributed by atoms with Crippen LogP contribution in [0.3, 0.4) is 0 Å². The van der Waals surface area contributed by atoms with E-state index in [9.17, 15) is 4.79 Å². The number of hydrogen-bond donors (Lipinski definition) is 1. The number of carbonyl (C=O) groups excluding carboxylic acids is 1. The minimum Gasteiger partial charge on any atom is -0.493 e. The number of methoxy groups -OCH3 is 2. The molecule has 1 rings (SSSR count). The number of benzene rings is 1. The summed E-state index contributed by atoms with van der Waals surface area (Å²) in [6, 6.07) is 5.59. The van der Waals surface area contributed by atoms with Crippen molar-refractivity contribution in [2.45, 2.75) is 26.5 Å². The summed E-state index contributed by atoms with van der Waals surface area (Å²) in [6.07, 6.45) is 0.0844. The van der Waals surface area contributed by atoms with Crippen molar-refractivity contribution in [3.63, 3.8) is 0 Å². The first kappa shape index (κ1) is 15.3. The van der Waals surface area contributed by atoms with Crippen LogP contribution in [0.15, 0.2) is 18.2 Å². The van der Waals surface area contributed by atoms with E-state index in [1.54, 1.807) is 7.11 Å². The number of ether oxygens (including phenoxy) is 3. The summed E-state index contributed by atoms with van der Waals surface area (Å²) in [7, 11) is 3.08. The molecule has 0 aliphatic rings. The quantitative estimate of drug-likeness (QED) is 0.817. The summed E-state index contributed by atoms with van der Waals surface area (Å²) in [5.41, 5.74) is 0.942. The first-order valence-corrected chi connectivity index (χ1v) is 6.16. The lowest BCUT2D eigenvalue weighted by Crippen LogP contribution is -2.26. The molecule has 1 aromatic rings. The SMILES string of the molecule is COCC(=O)NCc1ccc(OC(C)C)c(OC)c1. The summed E-state index contributed by atoms with van der Waals surface area (Å²) in [5.74, 6) is 1.21. The number of hydrogen-bond acceptors (Lipinski definition) is 4. The standard InChI is InChI=1S/C14H21NO4/c1-10(2)19-12-6-5-11(7-13(12)18-4)8-15-14(16)9-17-3/h5-7,10H,8-9H2,1-4H3,(H,15,16). The molecular formula is C14H21NO4. The van der Waals surface area contributed by atoms with Crippen molar-refractivity contribution in [2.75, 3.05) is 20.8 Å². The van der Waals surface area contributed by atoms with Gasteiger partial charge in [-0.1, -0.05) is 6.07 Å². The summed E-state index contributed by atoms with van der Waals surface area (Å²) in [5, 5.41) is 2.75. The molecule has 0 atom stereocenters. The Morgan fingerprint density at radius 2 is 2.00 bits per heavy atom. The molecule has 0 aromatic heterocycles. The molecule has 0 aliphatic heterocycles. The molecule has 1 N–H and O–H groups in total. The molecule has 5 nitrogen and oxygen atoms in total. The molecule has 106 valence electrons. The van der Waals surface area contributed by atoms with Gasteiger partial charge in [-0.25, -0.2) is 0 Å². The van der Waals surface area contributed by atoms with Crippen molar-refractivity contribution in [3.05, 3.63) is 23.8 Å². The molecule has 0 unspecified atom stereocenters. The summed E-state index contributed by atoms with van der Waals surface area (Å²) in [4.78, 5) is 11.3. The average Bonchev–Trinajstić information content (AvgIpc) is 2.37. The fourth-order valence-electron chi connectivity index (χ4n) is 1.56. The molecule has 0 saturated heterocycles. The highest BCUT2D eigenvalue weighted by atomic mass is 16.5. The normalized spacial score (nSPS) is 10.4. The van der Waals surface area contributed by atoms with E-state index in [0.29, 0.717) is 18.0 Å². The number of nitrogens with one attached hydrogen (secondary N) is 1. The van der Waals surface area contributed by atoms with E-state index in [4.69, 9.17) is 14.2 Å². The Morgan fingerprint density at radius 3 is 2.58 bits per heavy atom. The summed E-state index contributed by atoms with van der Waals surface area (Å²) < 4.78 is 15.6. The molecule has 0 bridgehead atoms. The Bertz CT molecular complexity index is 418. The van der Waals surface area contributed by atoms with Gasteiger partial charge < -0.3 is 19.5 Å². The monoisotopic (exact) mass is 267 g/mol. The van der Waals surface area contributed by atoms with Crippen molar-refractivity contribution >= 4 is 5.91 Å². The van der Waals surface area contributed by atoms with E-state index < -0.39 is 0 Å². The molecule has 0 fully saturated rings. The van der Waals surface area contributed by atoms with Crippen LogP contribution in [-0.4, -0.2) is 32.8 Å². The molecule has 19 heavy (non-hydrogen) atoms. The molecule has 0 heterocycles. The second kappa shape index (κ2) is 7.63. The van der Waals surface area contributed by atoms with Crippen LogP contribution in [0.1, 0.15) is 19.4 Å². The topological polar surface area (TPSA) is 56.8 Å². The number of rotatable bonds is 7.